The quantitative estimate of drug-likeness (QED) is 0.600. The van der Waals surface area contributed by atoms with Crippen molar-refractivity contribution in [1.82, 2.24) is 24.5 Å². The fourth-order valence-electron chi connectivity index (χ4n) is 3.98. The summed E-state index contributed by atoms with van der Waals surface area (Å²) < 4.78 is 1.80. The second kappa shape index (κ2) is 9.93. The number of piperidine rings is 1. The van der Waals surface area contributed by atoms with Crippen molar-refractivity contribution in [3.05, 3.63) is 29.5 Å². The molecule has 0 saturated carbocycles. The van der Waals surface area contributed by atoms with Gasteiger partial charge in [0.25, 0.3) is 5.91 Å². The molecule has 1 aliphatic heterocycles. The summed E-state index contributed by atoms with van der Waals surface area (Å²) in [6, 6.07) is 2.12. The Kier molecular flexibility index (Phi) is 7.51. The van der Waals surface area contributed by atoms with Gasteiger partial charge in [0, 0.05) is 43.8 Å². The molecule has 0 unspecified atom stereocenters. The first-order valence-corrected chi connectivity index (χ1v) is 11.4. The Morgan fingerprint density at radius 2 is 2.00 bits per heavy atom. The Morgan fingerprint density at radius 1 is 1.29 bits per heavy atom. The molecule has 0 aliphatic carbocycles. The first-order chi connectivity index (χ1) is 14.5. The zero-order valence-corrected chi connectivity index (χ0v) is 19.7. The fourth-order valence-corrected chi connectivity index (χ4v) is 4.77. The third kappa shape index (κ3) is 4.68. The molecule has 0 spiro atoms. The highest BCUT2D eigenvalue weighted by atomic mass is 35.5. The van der Waals surface area contributed by atoms with Crippen LogP contribution < -0.4 is 4.90 Å². The van der Waals surface area contributed by atoms with E-state index in [1.165, 1.54) is 0 Å². The van der Waals surface area contributed by atoms with Gasteiger partial charge in [-0.1, -0.05) is 13.8 Å². The summed E-state index contributed by atoms with van der Waals surface area (Å²) in [6.07, 6.45) is 6.51. The van der Waals surface area contributed by atoms with Crippen molar-refractivity contribution in [2.75, 3.05) is 25.0 Å². The Labute approximate surface area is 192 Å². The molecule has 1 fully saturated rings. The molecule has 1 saturated heterocycles. The summed E-state index contributed by atoms with van der Waals surface area (Å²) >= 11 is 1.57. The molecule has 4 heterocycles. The van der Waals surface area contributed by atoms with Gasteiger partial charge in [-0.25, -0.2) is 14.5 Å². The topological polar surface area (TPSA) is 86.9 Å². The molecule has 3 aromatic rings. The van der Waals surface area contributed by atoms with Crippen molar-refractivity contribution in [3.63, 3.8) is 0 Å². The minimum atomic E-state index is -0.328. The van der Waals surface area contributed by atoms with Crippen LogP contribution >= 0.6 is 23.7 Å². The number of carbonyl (C=O) groups is 1. The van der Waals surface area contributed by atoms with Crippen LogP contribution in [0, 0.1) is 0 Å². The van der Waals surface area contributed by atoms with Crippen molar-refractivity contribution in [2.24, 2.45) is 0 Å². The van der Waals surface area contributed by atoms with Gasteiger partial charge in [0.1, 0.15) is 16.3 Å². The molecule has 1 amide bonds. The molecule has 1 aliphatic rings. The van der Waals surface area contributed by atoms with E-state index in [9.17, 15) is 9.90 Å². The molecule has 0 radical (unpaired) electrons. The van der Waals surface area contributed by atoms with Crippen LogP contribution in [0.5, 0.6) is 0 Å². The maximum Gasteiger partial charge on any atom is 0.272 e. The van der Waals surface area contributed by atoms with Crippen molar-refractivity contribution in [1.29, 1.82) is 0 Å². The summed E-state index contributed by atoms with van der Waals surface area (Å²) in [5, 5.41) is 16.1. The number of halogens is 1. The van der Waals surface area contributed by atoms with E-state index < -0.39 is 0 Å². The van der Waals surface area contributed by atoms with Crippen molar-refractivity contribution in [2.45, 2.75) is 51.7 Å². The summed E-state index contributed by atoms with van der Waals surface area (Å²) in [5.74, 6) is 1.15. The Morgan fingerprint density at radius 3 is 2.68 bits per heavy atom. The lowest BCUT2D eigenvalue weighted by Crippen LogP contribution is -2.40. The summed E-state index contributed by atoms with van der Waals surface area (Å²) in [5.41, 5.74) is 1.22. The number of aliphatic hydroxyl groups excluding tert-OH is 1. The number of rotatable bonds is 6. The van der Waals surface area contributed by atoms with Crippen molar-refractivity contribution < 1.29 is 9.90 Å². The second-order valence-electron chi connectivity index (χ2n) is 7.75. The summed E-state index contributed by atoms with van der Waals surface area (Å²) in [6.45, 7) is 5.40. The van der Waals surface area contributed by atoms with Crippen molar-refractivity contribution in [3.8, 4) is 11.4 Å². The van der Waals surface area contributed by atoms with E-state index >= 15 is 0 Å². The van der Waals surface area contributed by atoms with E-state index in [2.05, 4.69) is 28.8 Å². The van der Waals surface area contributed by atoms with Gasteiger partial charge in [0.05, 0.1) is 17.9 Å². The number of hydrogen-bond donors (Lipinski definition) is 1. The highest BCUT2D eigenvalue weighted by Gasteiger charge is 2.26. The molecule has 31 heavy (non-hydrogen) atoms. The lowest BCUT2D eigenvalue weighted by molar-refractivity contribution is 0.0541. The molecule has 0 bridgehead atoms. The minimum absolute atomic E-state index is 0. The molecule has 1 N–H and O–H groups in total. The lowest BCUT2D eigenvalue weighted by Gasteiger charge is -2.30. The Balaban J connectivity index is 0.00000272. The monoisotopic (exact) mass is 464 g/mol. The number of thiazole rings is 1. The largest absolute Gasteiger partial charge is 0.393 e. The van der Waals surface area contributed by atoms with Crippen LogP contribution in [0.15, 0.2) is 23.8 Å². The van der Waals surface area contributed by atoms with E-state index in [-0.39, 0.29) is 24.4 Å². The van der Waals surface area contributed by atoms with Gasteiger partial charge in [-0.3, -0.25) is 4.79 Å². The average molecular weight is 465 g/mol. The third-order valence-corrected chi connectivity index (χ3v) is 6.80. The van der Waals surface area contributed by atoms with Crippen LogP contribution in [0.2, 0.25) is 0 Å². The number of hydrogen-bond acceptors (Lipinski definition) is 7. The fraction of sp³-hybridized carbons (Fsp3) is 0.524. The zero-order valence-electron chi connectivity index (χ0n) is 18.1. The van der Waals surface area contributed by atoms with Gasteiger partial charge in [-0.2, -0.15) is 5.10 Å². The van der Waals surface area contributed by atoms with E-state index in [1.807, 2.05) is 18.6 Å². The highest BCUT2D eigenvalue weighted by Crippen LogP contribution is 2.28. The van der Waals surface area contributed by atoms with Crippen molar-refractivity contribution >= 4 is 40.3 Å². The third-order valence-electron chi connectivity index (χ3n) is 5.91. The number of anilines is 1. The Bertz CT molecular complexity index is 1030. The normalized spacial score (nSPS) is 14.8. The van der Waals surface area contributed by atoms with Crippen LogP contribution in [0.25, 0.3) is 16.2 Å². The average Bonchev–Trinajstić information content (AvgIpc) is 3.38. The van der Waals surface area contributed by atoms with Crippen LogP contribution in [-0.4, -0.2) is 67.8 Å². The van der Waals surface area contributed by atoms with Gasteiger partial charge in [0.15, 0.2) is 5.82 Å². The first-order valence-electron chi connectivity index (χ1n) is 10.5. The van der Waals surface area contributed by atoms with Crippen LogP contribution in [0.3, 0.4) is 0 Å². The molecule has 4 rings (SSSR count). The van der Waals surface area contributed by atoms with E-state index in [0.29, 0.717) is 43.5 Å². The SMILES string of the molecule is CCC(CC)N(C)c1cc(C(=O)N2CCC(O)CC2)nc(-c2cnn3ccsc23)n1.Cl. The number of nitrogens with zero attached hydrogens (tertiary/aromatic N) is 6. The molecule has 10 heteroatoms. The van der Waals surface area contributed by atoms with Gasteiger partial charge in [-0.15, -0.1) is 23.7 Å². The zero-order chi connectivity index (χ0) is 21.3. The first kappa shape index (κ1) is 23.4. The van der Waals surface area contributed by atoms with Crippen LogP contribution in [-0.2, 0) is 0 Å². The van der Waals surface area contributed by atoms with Gasteiger partial charge in [-0.05, 0) is 25.7 Å². The molecular formula is C21H29ClN6O2S. The number of fused-ring (bicyclic) bond motifs is 1. The standard InChI is InChI=1S/C21H28N6O2S.ClH/c1-4-14(5-2)25(3)18-12-17(20(29)26-8-6-15(28)7-9-26)23-19(24-18)16-13-22-27-10-11-30-21(16)27;/h10-15,28H,4-9H2,1-3H3;1H. The highest BCUT2D eigenvalue weighted by molar-refractivity contribution is 7.16. The number of aliphatic hydroxyl groups is 1. The van der Waals surface area contributed by atoms with E-state index in [0.717, 1.165) is 29.1 Å². The van der Waals surface area contributed by atoms with E-state index in [1.54, 1.807) is 33.0 Å². The predicted molar refractivity (Wildman–Crippen MR) is 125 cm³/mol. The number of carbonyl (C=O) groups excluding carboxylic acids is 1. The van der Waals surface area contributed by atoms with Gasteiger partial charge >= 0.3 is 0 Å². The second-order valence-corrected chi connectivity index (χ2v) is 8.65. The van der Waals surface area contributed by atoms with Crippen LogP contribution in [0.1, 0.15) is 50.0 Å². The molecule has 0 atom stereocenters. The van der Waals surface area contributed by atoms with Crippen LogP contribution in [0.4, 0.5) is 5.82 Å². The molecule has 0 aromatic carbocycles. The Hall–Kier alpha value is -2.23. The number of likely N-dealkylation sites (tertiary alicyclic amines) is 1. The molecule has 168 valence electrons. The number of aromatic nitrogens is 4. The maximum atomic E-state index is 13.2. The lowest BCUT2D eigenvalue weighted by atomic mass is 10.1. The molecular weight excluding hydrogens is 436 g/mol. The minimum Gasteiger partial charge on any atom is -0.393 e. The van der Waals surface area contributed by atoms with Gasteiger partial charge < -0.3 is 14.9 Å². The van der Waals surface area contributed by atoms with Gasteiger partial charge in [0.2, 0.25) is 0 Å². The molecule has 3 aromatic heterocycles. The number of amides is 1. The molecule has 8 nitrogen and oxygen atoms in total. The summed E-state index contributed by atoms with van der Waals surface area (Å²) in [7, 11) is 2.02. The summed E-state index contributed by atoms with van der Waals surface area (Å²) in [4.78, 5) is 27.6. The maximum absolute atomic E-state index is 13.2. The predicted octanol–water partition coefficient (Wildman–Crippen LogP) is 3.50. The smallest absolute Gasteiger partial charge is 0.272 e. The van der Waals surface area contributed by atoms with E-state index in [4.69, 9.17) is 4.98 Å².